The van der Waals surface area contributed by atoms with Crippen molar-refractivity contribution in [3.8, 4) is 11.6 Å². The molecular weight excluding hydrogens is 330 g/mol. The molecule has 0 radical (unpaired) electrons. The van der Waals surface area contributed by atoms with Crippen molar-refractivity contribution >= 4 is 5.91 Å². The van der Waals surface area contributed by atoms with Crippen LogP contribution >= 0.6 is 0 Å². The molecule has 1 aliphatic heterocycles. The number of piperidine rings is 1. The molecule has 1 saturated heterocycles. The minimum atomic E-state index is -0.0482. The number of nitrogens with zero attached hydrogens (tertiary/aromatic N) is 3. The molecule has 1 amide bonds. The molecule has 1 aromatic heterocycles. The monoisotopic (exact) mass is 355 g/mol. The zero-order valence-electron chi connectivity index (χ0n) is 15.3. The van der Waals surface area contributed by atoms with Crippen molar-refractivity contribution in [2.75, 3.05) is 19.7 Å². The van der Waals surface area contributed by atoms with E-state index in [-0.39, 0.29) is 18.6 Å². The van der Waals surface area contributed by atoms with Gasteiger partial charge in [0.1, 0.15) is 18.2 Å². The Bertz CT molecular complexity index is 704. The van der Waals surface area contributed by atoms with E-state index >= 15 is 0 Å². The standard InChI is InChI=1S/C20H25N3O3/c1-15(2)16-5-7-17(8-6-16)25-13-20(24)23-11-3-4-18(12-23)26-19-9-10-21-14-22-19/h5-10,14-15,18H,3-4,11-13H2,1-2H3. The summed E-state index contributed by atoms with van der Waals surface area (Å²) in [5.41, 5.74) is 1.25. The van der Waals surface area contributed by atoms with Crippen molar-refractivity contribution < 1.29 is 14.3 Å². The highest BCUT2D eigenvalue weighted by Crippen LogP contribution is 2.19. The third-order valence-electron chi connectivity index (χ3n) is 4.48. The lowest BCUT2D eigenvalue weighted by Gasteiger charge is -2.32. The van der Waals surface area contributed by atoms with Crippen LogP contribution in [0, 0.1) is 0 Å². The summed E-state index contributed by atoms with van der Waals surface area (Å²) in [6.07, 6.45) is 4.87. The van der Waals surface area contributed by atoms with Gasteiger partial charge in [-0.15, -0.1) is 0 Å². The summed E-state index contributed by atoms with van der Waals surface area (Å²) in [6, 6.07) is 9.64. The second kappa shape index (κ2) is 8.65. The van der Waals surface area contributed by atoms with E-state index in [0.717, 1.165) is 19.4 Å². The zero-order chi connectivity index (χ0) is 18.4. The Morgan fingerprint density at radius 3 is 2.77 bits per heavy atom. The predicted molar refractivity (Wildman–Crippen MR) is 98.3 cm³/mol. The van der Waals surface area contributed by atoms with Crippen LogP contribution in [0.3, 0.4) is 0 Å². The number of benzene rings is 1. The van der Waals surface area contributed by atoms with Crippen LogP contribution < -0.4 is 9.47 Å². The number of likely N-dealkylation sites (tertiary alicyclic amines) is 1. The van der Waals surface area contributed by atoms with Crippen LogP contribution in [0.2, 0.25) is 0 Å². The molecule has 3 rings (SSSR count). The van der Waals surface area contributed by atoms with Gasteiger partial charge < -0.3 is 14.4 Å². The number of hydrogen-bond acceptors (Lipinski definition) is 5. The highest BCUT2D eigenvalue weighted by atomic mass is 16.5. The van der Waals surface area contributed by atoms with Gasteiger partial charge in [-0.1, -0.05) is 26.0 Å². The first-order valence-electron chi connectivity index (χ1n) is 9.05. The van der Waals surface area contributed by atoms with E-state index in [1.54, 1.807) is 17.2 Å². The average Bonchev–Trinajstić information content (AvgIpc) is 2.67. The van der Waals surface area contributed by atoms with Crippen LogP contribution in [0.15, 0.2) is 42.9 Å². The number of carbonyl (C=O) groups is 1. The molecule has 0 aliphatic carbocycles. The predicted octanol–water partition coefficient (Wildman–Crippen LogP) is 3.05. The average molecular weight is 355 g/mol. The number of carbonyl (C=O) groups excluding carboxylic acids is 1. The smallest absolute Gasteiger partial charge is 0.260 e. The fourth-order valence-electron chi connectivity index (χ4n) is 2.97. The van der Waals surface area contributed by atoms with Gasteiger partial charge in [-0.05, 0) is 36.5 Å². The number of aromatic nitrogens is 2. The third kappa shape index (κ3) is 4.94. The van der Waals surface area contributed by atoms with Crippen LogP contribution in [0.25, 0.3) is 0 Å². The maximum atomic E-state index is 12.5. The molecule has 0 saturated carbocycles. The van der Waals surface area contributed by atoms with Crippen LogP contribution in [-0.2, 0) is 4.79 Å². The summed E-state index contributed by atoms with van der Waals surface area (Å²) in [4.78, 5) is 22.2. The Morgan fingerprint density at radius 1 is 1.27 bits per heavy atom. The highest BCUT2D eigenvalue weighted by Gasteiger charge is 2.25. The molecule has 1 aliphatic rings. The fourth-order valence-corrected chi connectivity index (χ4v) is 2.97. The molecule has 6 nitrogen and oxygen atoms in total. The van der Waals surface area contributed by atoms with Gasteiger partial charge in [0, 0.05) is 18.8 Å². The minimum Gasteiger partial charge on any atom is -0.484 e. The van der Waals surface area contributed by atoms with Crippen molar-refractivity contribution in [2.24, 2.45) is 0 Å². The molecule has 1 fully saturated rings. The van der Waals surface area contributed by atoms with Gasteiger partial charge in [-0.25, -0.2) is 9.97 Å². The maximum absolute atomic E-state index is 12.5. The molecule has 1 aromatic carbocycles. The molecule has 26 heavy (non-hydrogen) atoms. The van der Waals surface area contributed by atoms with Gasteiger partial charge in [0.05, 0.1) is 6.54 Å². The number of rotatable bonds is 6. The van der Waals surface area contributed by atoms with Gasteiger partial charge in [0.2, 0.25) is 5.88 Å². The van der Waals surface area contributed by atoms with Crippen LogP contribution in [0.4, 0.5) is 0 Å². The second-order valence-electron chi connectivity index (χ2n) is 6.78. The summed E-state index contributed by atoms with van der Waals surface area (Å²) >= 11 is 0. The highest BCUT2D eigenvalue weighted by molar-refractivity contribution is 5.77. The quantitative estimate of drug-likeness (QED) is 0.797. The van der Waals surface area contributed by atoms with Crippen molar-refractivity contribution in [2.45, 2.75) is 38.7 Å². The number of amides is 1. The Hall–Kier alpha value is -2.63. The molecule has 2 aromatic rings. The minimum absolute atomic E-state index is 0.0195. The van der Waals surface area contributed by atoms with Crippen molar-refractivity contribution in [3.05, 3.63) is 48.4 Å². The maximum Gasteiger partial charge on any atom is 0.260 e. The van der Waals surface area contributed by atoms with E-state index in [4.69, 9.17) is 9.47 Å². The molecule has 138 valence electrons. The van der Waals surface area contributed by atoms with E-state index < -0.39 is 0 Å². The SMILES string of the molecule is CC(C)c1ccc(OCC(=O)N2CCCC(Oc3ccncn3)C2)cc1. The summed E-state index contributed by atoms with van der Waals surface area (Å²) in [6.45, 7) is 5.63. The van der Waals surface area contributed by atoms with Gasteiger partial charge in [-0.2, -0.15) is 0 Å². The second-order valence-corrected chi connectivity index (χ2v) is 6.78. The van der Waals surface area contributed by atoms with E-state index in [2.05, 4.69) is 23.8 Å². The lowest BCUT2D eigenvalue weighted by Crippen LogP contribution is -2.46. The van der Waals surface area contributed by atoms with Crippen molar-refractivity contribution in [1.82, 2.24) is 14.9 Å². The molecule has 6 heteroatoms. The van der Waals surface area contributed by atoms with Crippen LogP contribution in [-0.4, -0.2) is 46.6 Å². The van der Waals surface area contributed by atoms with E-state index in [1.807, 2.05) is 24.3 Å². The van der Waals surface area contributed by atoms with E-state index in [9.17, 15) is 4.79 Å². The van der Waals surface area contributed by atoms with Gasteiger partial charge in [0.15, 0.2) is 6.61 Å². The Labute approximate surface area is 154 Å². The first-order chi connectivity index (χ1) is 12.6. The topological polar surface area (TPSA) is 64.5 Å². The Balaban J connectivity index is 1.49. The lowest BCUT2D eigenvalue weighted by molar-refractivity contribution is -0.136. The fraction of sp³-hybridized carbons (Fsp3) is 0.450. The number of hydrogen-bond donors (Lipinski definition) is 0. The van der Waals surface area contributed by atoms with Gasteiger partial charge >= 0.3 is 0 Å². The van der Waals surface area contributed by atoms with Gasteiger partial charge in [0.25, 0.3) is 5.91 Å². The Kier molecular flexibility index (Phi) is 6.04. The molecule has 0 spiro atoms. The summed E-state index contributed by atoms with van der Waals surface area (Å²) < 4.78 is 11.5. The zero-order valence-corrected chi connectivity index (χ0v) is 15.3. The first-order valence-corrected chi connectivity index (χ1v) is 9.05. The van der Waals surface area contributed by atoms with E-state index in [1.165, 1.54) is 11.9 Å². The lowest BCUT2D eigenvalue weighted by atomic mass is 10.0. The van der Waals surface area contributed by atoms with Crippen molar-refractivity contribution in [3.63, 3.8) is 0 Å². The summed E-state index contributed by atoms with van der Waals surface area (Å²) in [5, 5.41) is 0. The largest absolute Gasteiger partial charge is 0.484 e. The number of ether oxygens (including phenoxy) is 2. The molecule has 2 heterocycles. The Morgan fingerprint density at radius 2 is 2.08 bits per heavy atom. The summed E-state index contributed by atoms with van der Waals surface area (Å²) in [5.74, 6) is 1.72. The molecule has 1 unspecified atom stereocenters. The van der Waals surface area contributed by atoms with E-state index in [0.29, 0.717) is 24.1 Å². The summed E-state index contributed by atoms with van der Waals surface area (Å²) in [7, 11) is 0. The van der Waals surface area contributed by atoms with Crippen LogP contribution in [0.1, 0.15) is 38.2 Å². The molecule has 1 atom stereocenters. The molecule has 0 bridgehead atoms. The normalized spacial score (nSPS) is 17.2. The third-order valence-corrected chi connectivity index (χ3v) is 4.48. The van der Waals surface area contributed by atoms with Crippen molar-refractivity contribution in [1.29, 1.82) is 0 Å². The van der Waals surface area contributed by atoms with Gasteiger partial charge in [-0.3, -0.25) is 4.79 Å². The molecular formula is C20H25N3O3. The molecule has 0 N–H and O–H groups in total. The van der Waals surface area contributed by atoms with Crippen LogP contribution in [0.5, 0.6) is 11.6 Å². The first kappa shape index (κ1) is 18.2.